The number of nitrogen functional groups attached to an aromatic ring is 1. The highest BCUT2D eigenvalue weighted by atomic mass is 16.5. The average Bonchev–Trinajstić information content (AvgIpc) is 3.71. The number of carbonyl (C=O) groups is 4. The third kappa shape index (κ3) is 6.85. The van der Waals surface area contributed by atoms with Gasteiger partial charge in [0.25, 0.3) is 11.8 Å². The molecule has 0 spiro atoms. The van der Waals surface area contributed by atoms with Crippen molar-refractivity contribution >= 4 is 40.7 Å². The summed E-state index contributed by atoms with van der Waals surface area (Å²) in [6.07, 6.45) is 8.57. The maximum absolute atomic E-state index is 13.3. The quantitative estimate of drug-likeness (QED) is 0.261. The number of nitrogens with zero attached hydrogens (tertiary/aromatic N) is 7. The molecular weight excluding hydrogens is 674 g/mol. The maximum atomic E-state index is 13.3. The number of piperidine rings is 3. The van der Waals surface area contributed by atoms with Crippen molar-refractivity contribution in [2.75, 3.05) is 81.5 Å². The maximum Gasteiger partial charge on any atom is 0.262 e. The lowest BCUT2D eigenvalue weighted by Gasteiger charge is -2.44. The van der Waals surface area contributed by atoms with Crippen molar-refractivity contribution in [3.8, 4) is 16.9 Å². The molecule has 280 valence electrons. The molecule has 4 fully saturated rings. The molecule has 1 unspecified atom stereocenters. The summed E-state index contributed by atoms with van der Waals surface area (Å²) in [4.78, 5) is 61.6. The molecule has 0 radical (unpaired) electrons. The van der Waals surface area contributed by atoms with Crippen molar-refractivity contribution in [3.63, 3.8) is 0 Å². The van der Waals surface area contributed by atoms with Crippen LogP contribution >= 0.6 is 0 Å². The third-order valence-electron chi connectivity index (χ3n) is 12.0. The molecule has 1 aromatic heterocycles. The number of carbonyl (C=O) groups excluding carboxylic acids is 4. The topological polar surface area (TPSA) is 150 Å². The number of aryl methyl sites for hydroxylation is 1. The first-order valence-corrected chi connectivity index (χ1v) is 18.9. The van der Waals surface area contributed by atoms with Gasteiger partial charge in [-0.25, -0.2) is 0 Å². The molecule has 6 heterocycles. The zero-order valence-corrected chi connectivity index (χ0v) is 30.6. The second kappa shape index (κ2) is 14.5. The highest BCUT2D eigenvalue weighted by Gasteiger charge is 2.45. The third-order valence-corrected chi connectivity index (χ3v) is 12.0. The van der Waals surface area contributed by atoms with E-state index in [9.17, 15) is 19.2 Å². The van der Waals surface area contributed by atoms with E-state index in [2.05, 4.69) is 36.1 Å². The van der Waals surface area contributed by atoms with Crippen LogP contribution in [0.15, 0.2) is 42.7 Å². The van der Waals surface area contributed by atoms with E-state index >= 15 is 0 Å². The number of benzene rings is 2. The van der Waals surface area contributed by atoms with Crippen LogP contribution in [0.5, 0.6) is 5.75 Å². The van der Waals surface area contributed by atoms with E-state index in [1.165, 1.54) is 0 Å². The molecule has 3 N–H and O–H groups in total. The Morgan fingerprint density at radius 2 is 1.55 bits per heavy atom. The number of nitrogens with one attached hydrogen (secondary N) is 1. The molecule has 4 amide bonds. The molecule has 0 aliphatic carbocycles. The van der Waals surface area contributed by atoms with Crippen LogP contribution in [0.2, 0.25) is 0 Å². The Morgan fingerprint density at radius 3 is 2.23 bits per heavy atom. The van der Waals surface area contributed by atoms with E-state index in [0.29, 0.717) is 34.5 Å². The summed E-state index contributed by atoms with van der Waals surface area (Å²) in [5.74, 6) is -0.574. The summed E-state index contributed by atoms with van der Waals surface area (Å²) in [5.41, 5.74) is 11.8. The Bertz CT molecular complexity index is 1900. The van der Waals surface area contributed by atoms with Gasteiger partial charge < -0.3 is 25.2 Å². The van der Waals surface area contributed by atoms with E-state index < -0.39 is 23.8 Å². The van der Waals surface area contributed by atoms with Gasteiger partial charge in [-0.05, 0) is 62.3 Å². The molecular formula is C39H49N9O5. The summed E-state index contributed by atoms with van der Waals surface area (Å²) in [7, 11) is 3.60. The van der Waals surface area contributed by atoms with E-state index in [-0.39, 0.29) is 18.7 Å². The number of methoxy groups -OCH3 is 1. The van der Waals surface area contributed by atoms with Crippen molar-refractivity contribution in [1.29, 1.82) is 0 Å². The highest BCUT2D eigenvalue weighted by Crippen LogP contribution is 2.39. The number of aromatic nitrogens is 2. The number of hydrogen-bond donors (Lipinski definition) is 2. The lowest BCUT2D eigenvalue weighted by atomic mass is 9.95. The van der Waals surface area contributed by atoms with Gasteiger partial charge in [0, 0.05) is 113 Å². The second-order valence-corrected chi connectivity index (χ2v) is 15.2. The van der Waals surface area contributed by atoms with Crippen LogP contribution in [0.25, 0.3) is 11.1 Å². The number of nitrogens with two attached hydrogens (primary N) is 1. The van der Waals surface area contributed by atoms with Crippen LogP contribution < -0.4 is 25.6 Å². The molecule has 0 saturated carbocycles. The minimum absolute atomic E-state index is 0.108. The molecule has 53 heavy (non-hydrogen) atoms. The zero-order valence-electron chi connectivity index (χ0n) is 30.6. The summed E-state index contributed by atoms with van der Waals surface area (Å²) in [5, 5.41) is 6.65. The SMILES string of the molecule is COc1cc(N2CCC(N3CCN(CC4CCN(c5ccc6c(c5)C(=O)N(C5CCC(=O)NC5=O)C6=O)CC4)CC3)CC2)c(-c2cnn(C)c2)cc1N. The summed E-state index contributed by atoms with van der Waals surface area (Å²) >= 11 is 0. The monoisotopic (exact) mass is 723 g/mol. The van der Waals surface area contributed by atoms with Crippen LogP contribution in [0.3, 0.4) is 0 Å². The number of imide groups is 2. The van der Waals surface area contributed by atoms with Crippen LogP contribution in [-0.4, -0.2) is 126 Å². The van der Waals surface area contributed by atoms with E-state index in [1.807, 2.05) is 36.3 Å². The zero-order chi connectivity index (χ0) is 36.8. The average molecular weight is 724 g/mol. The van der Waals surface area contributed by atoms with Gasteiger partial charge in [-0.1, -0.05) is 0 Å². The smallest absolute Gasteiger partial charge is 0.262 e. The molecule has 5 aliphatic rings. The Balaban J connectivity index is 0.806. The second-order valence-electron chi connectivity index (χ2n) is 15.2. The summed E-state index contributed by atoms with van der Waals surface area (Å²) < 4.78 is 7.42. The van der Waals surface area contributed by atoms with Crippen molar-refractivity contribution in [3.05, 3.63) is 53.9 Å². The Kier molecular flexibility index (Phi) is 9.58. The molecule has 8 rings (SSSR count). The van der Waals surface area contributed by atoms with Crippen molar-refractivity contribution < 1.29 is 23.9 Å². The molecule has 14 heteroatoms. The molecule has 1 atom stereocenters. The number of amides is 4. The Morgan fingerprint density at radius 1 is 0.830 bits per heavy atom. The normalized spacial score (nSPS) is 22.5. The lowest BCUT2D eigenvalue weighted by Crippen LogP contribution is -2.54. The van der Waals surface area contributed by atoms with Crippen molar-refractivity contribution in [1.82, 2.24) is 29.8 Å². The fraction of sp³-hybridized carbons (Fsp3) is 0.513. The van der Waals surface area contributed by atoms with Crippen LogP contribution in [-0.2, 0) is 16.6 Å². The fourth-order valence-corrected chi connectivity index (χ4v) is 8.99. The van der Waals surface area contributed by atoms with Crippen molar-refractivity contribution in [2.45, 2.75) is 50.6 Å². The summed E-state index contributed by atoms with van der Waals surface area (Å²) in [6, 6.07) is 9.15. The molecule has 4 saturated heterocycles. The Labute approximate surface area is 309 Å². The number of ether oxygens (including phenoxy) is 1. The number of rotatable bonds is 8. The van der Waals surface area contributed by atoms with Crippen LogP contribution in [0.1, 0.15) is 59.2 Å². The van der Waals surface area contributed by atoms with E-state index in [4.69, 9.17) is 10.5 Å². The van der Waals surface area contributed by atoms with Gasteiger partial charge in [-0.2, -0.15) is 5.10 Å². The van der Waals surface area contributed by atoms with Gasteiger partial charge in [0.15, 0.2) is 0 Å². The number of fused-ring (bicyclic) bond motifs is 1. The van der Waals surface area contributed by atoms with Crippen LogP contribution in [0, 0.1) is 5.92 Å². The molecule has 5 aliphatic heterocycles. The predicted octanol–water partition coefficient (Wildman–Crippen LogP) is 2.58. The largest absolute Gasteiger partial charge is 0.495 e. The minimum atomic E-state index is -0.952. The first kappa shape index (κ1) is 35.1. The molecule has 3 aromatic rings. The van der Waals surface area contributed by atoms with Gasteiger partial charge in [0.05, 0.1) is 30.1 Å². The van der Waals surface area contributed by atoms with E-state index in [0.717, 1.165) is 112 Å². The number of hydrogen-bond acceptors (Lipinski definition) is 11. The van der Waals surface area contributed by atoms with Crippen molar-refractivity contribution in [2.24, 2.45) is 13.0 Å². The van der Waals surface area contributed by atoms with Gasteiger partial charge in [0.2, 0.25) is 11.8 Å². The summed E-state index contributed by atoms with van der Waals surface area (Å²) in [6.45, 7) is 9.22. The molecule has 2 aromatic carbocycles. The standard InChI is InChI=1S/C39H49N9O5/c1-43-24-26(22-41-43)30-20-32(40)35(53-2)21-34(30)47-13-9-27(10-14-47)46-17-15-44(16-18-46)23-25-7-11-45(12-8-25)28-3-4-29-31(19-28)39(52)48(38(29)51)33-5-6-36(49)42-37(33)50/h3-4,19-22,24-25,27,33H,5-18,23,40H2,1-2H3,(H,42,49,50). The number of piperazine rings is 1. The van der Waals surface area contributed by atoms with Crippen LogP contribution in [0.4, 0.5) is 17.1 Å². The lowest BCUT2D eigenvalue weighted by molar-refractivity contribution is -0.136. The molecule has 14 nitrogen and oxygen atoms in total. The first-order chi connectivity index (χ1) is 25.7. The van der Waals surface area contributed by atoms with Gasteiger partial charge in [-0.15, -0.1) is 0 Å². The minimum Gasteiger partial charge on any atom is -0.495 e. The Hall–Kier alpha value is -4.95. The number of anilines is 3. The highest BCUT2D eigenvalue weighted by molar-refractivity contribution is 6.23. The van der Waals surface area contributed by atoms with Gasteiger partial charge in [-0.3, -0.25) is 39.0 Å². The van der Waals surface area contributed by atoms with Gasteiger partial charge >= 0.3 is 0 Å². The van der Waals surface area contributed by atoms with E-state index in [1.54, 1.807) is 19.2 Å². The predicted molar refractivity (Wildman–Crippen MR) is 201 cm³/mol. The molecule has 0 bridgehead atoms. The first-order valence-electron chi connectivity index (χ1n) is 18.9. The fourth-order valence-electron chi connectivity index (χ4n) is 8.99. The van der Waals surface area contributed by atoms with Gasteiger partial charge in [0.1, 0.15) is 11.8 Å².